The molecule has 138 valence electrons. The van der Waals surface area contributed by atoms with Crippen LogP contribution in [-0.4, -0.2) is 33.2 Å². The van der Waals surface area contributed by atoms with Crippen LogP contribution in [0, 0.1) is 13.8 Å². The fourth-order valence-corrected chi connectivity index (χ4v) is 4.38. The first-order valence-electron chi connectivity index (χ1n) is 8.72. The number of hydrogen-bond donors (Lipinski definition) is 1. The minimum absolute atomic E-state index is 0.280. The van der Waals surface area contributed by atoms with E-state index in [1.54, 1.807) is 6.92 Å². The molecule has 0 fully saturated rings. The van der Waals surface area contributed by atoms with Gasteiger partial charge in [-0.05, 0) is 63.6 Å². The van der Waals surface area contributed by atoms with Gasteiger partial charge >= 0.3 is 0 Å². The number of nitrogens with zero attached hydrogens (tertiary/aromatic N) is 1. The van der Waals surface area contributed by atoms with Gasteiger partial charge in [-0.15, -0.1) is 0 Å². The van der Waals surface area contributed by atoms with Crippen molar-refractivity contribution in [3.05, 3.63) is 41.0 Å². The van der Waals surface area contributed by atoms with Crippen molar-refractivity contribution in [2.24, 2.45) is 0 Å². The van der Waals surface area contributed by atoms with E-state index in [0.717, 1.165) is 36.6 Å². The average molecular weight is 365 g/mol. The van der Waals surface area contributed by atoms with E-state index >= 15 is 0 Å². The van der Waals surface area contributed by atoms with Crippen molar-refractivity contribution in [1.82, 2.24) is 5.32 Å². The molecular formula is C19H28N2O3S. The maximum absolute atomic E-state index is 12.6. The molecule has 5 nitrogen and oxygen atoms in total. The van der Waals surface area contributed by atoms with Crippen LogP contribution in [0.3, 0.4) is 0 Å². The summed E-state index contributed by atoms with van der Waals surface area (Å²) in [4.78, 5) is 12.6. The fourth-order valence-electron chi connectivity index (χ4n) is 3.15. The van der Waals surface area contributed by atoms with Crippen molar-refractivity contribution in [2.75, 3.05) is 17.1 Å². The van der Waals surface area contributed by atoms with Crippen molar-refractivity contribution in [3.63, 3.8) is 0 Å². The van der Waals surface area contributed by atoms with E-state index in [0.29, 0.717) is 12.2 Å². The van der Waals surface area contributed by atoms with Gasteiger partial charge in [0.1, 0.15) is 6.04 Å². The van der Waals surface area contributed by atoms with E-state index in [-0.39, 0.29) is 5.91 Å². The van der Waals surface area contributed by atoms with E-state index in [4.69, 9.17) is 0 Å². The lowest BCUT2D eigenvalue weighted by atomic mass is 9.99. The van der Waals surface area contributed by atoms with Crippen LogP contribution in [0.15, 0.2) is 29.8 Å². The highest BCUT2D eigenvalue weighted by molar-refractivity contribution is 7.92. The molecule has 0 saturated heterocycles. The number of carbonyl (C=O) groups excluding carboxylic acids is 1. The van der Waals surface area contributed by atoms with Crippen LogP contribution in [0.25, 0.3) is 0 Å². The number of carbonyl (C=O) groups is 1. The van der Waals surface area contributed by atoms with Crippen LogP contribution in [0.2, 0.25) is 0 Å². The SMILES string of the molecule is Cc1ccc(C)c(N([C@@H](C)C(=O)NCC2=CCCCC2)S(C)(=O)=O)c1. The molecule has 0 bridgehead atoms. The van der Waals surface area contributed by atoms with Crippen LogP contribution in [0.1, 0.15) is 43.7 Å². The summed E-state index contributed by atoms with van der Waals surface area (Å²) in [5.41, 5.74) is 3.56. The molecule has 0 heterocycles. The largest absolute Gasteiger partial charge is 0.351 e. The Morgan fingerprint density at radius 2 is 2.00 bits per heavy atom. The highest BCUT2D eigenvalue weighted by Crippen LogP contribution is 2.26. The van der Waals surface area contributed by atoms with Crippen LogP contribution >= 0.6 is 0 Å². The van der Waals surface area contributed by atoms with Crippen LogP contribution in [0.5, 0.6) is 0 Å². The molecular weight excluding hydrogens is 336 g/mol. The first-order valence-corrected chi connectivity index (χ1v) is 10.6. The Hall–Kier alpha value is -1.82. The van der Waals surface area contributed by atoms with E-state index in [1.165, 1.54) is 16.3 Å². The third-order valence-electron chi connectivity index (χ3n) is 4.57. The topological polar surface area (TPSA) is 66.5 Å². The first-order chi connectivity index (χ1) is 11.7. The molecule has 1 aromatic rings. The predicted molar refractivity (Wildman–Crippen MR) is 102 cm³/mol. The standard InChI is InChI=1S/C19H28N2O3S/c1-14-10-11-15(2)18(12-14)21(25(4,23)24)16(3)19(22)20-13-17-8-6-5-7-9-17/h8,10-12,16H,5-7,9,13H2,1-4H3,(H,20,22)/t16-/m0/s1. The van der Waals surface area contributed by atoms with E-state index < -0.39 is 16.1 Å². The Bertz CT molecular complexity index is 769. The van der Waals surface area contributed by atoms with Gasteiger partial charge in [0.05, 0.1) is 11.9 Å². The van der Waals surface area contributed by atoms with Gasteiger partial charge in [0.2, 0.25) is 15.9 Å². The smallest absolute Gasteiger partial charge is 0.243 e. The molecule has 1 amide bonds. The van der Waals surface area contributed by atoms with Crippen LogP contribution < -0.4 is 9.62 Å². The zero-order valence-electron chi connectivity index (χ0n) is 15.5. The molecule has 25 heavy (non-hydrogen) atoms. The molecule has 0 unspecified atom stereocenters. The van der Waals surface area contributed by atoms with Gasteiger partial charge in [0.15, 0.2) is 0 Å². The van der Waals surface area contributed by atoms with Gasteiger partial charge in [-0.25, -0.2) is 8.42 Å². The number of benzene rings is 1. The number of allylic oxidation sites excluding steroid dienone is 1. The molecule has 0 saturated carbocycles. The van der Waals surface area contributed by atoms with Gasteiger partial charge < -0.3 is 5.32 Å². The Balaban J connectivity index is 2.21. The quantitative estimate of drug-likeness (QED) is 0.789. The van der Waals surface area contributed by atoms with Gasteiger partial charge in [-0.3, -0.25) is 9.10 Å². The van der Waals surface area contributed by atoms with Gasteiger partial charge in [0, 0.05) is 6.54 Å². The Kier molecular flexibility index (Phi) is 6.27. The van der Waals surface area contributed by atoms with Gasteiger partial charge in [-0.1, -0.05) is 23.8 Å². The molecule has 1 atom stereocenters. The number of amides is 1. The molecule has 1 N–H and O–H groups in total. The zero-order chi connectivity index (χ0) is 18.6. The van der Waals surface area contributed by atoms with Crippen LogP contribution in [-0.2, 0) is 14.8 Å². The number of sulfonamides is 1. The average Bonchev–Trinajstić information content (AvgIpc) is 2.55. The Morgan fingerprint density at radius 1 is 1.28 bits per heavy atom. The Morgan fingerprint density at radius 3 is 2.60 bits per heavy atom. The first kappa shape index (κ1) is 19.5. The van der Waals surface area contributed by atoms with Gasteiger partial charge in [-0.2, -0.15) is 0 Å². The molecule has 1 aromatic carbocycles. The fraction of sp³-hybridized carbons (Fsp3) is 0.526. The molecule has 2 rings (SSSR count). The zero-order valence-corrected chi connectivity index (χ0v) is 16.3. The minimum atomic E-state index is -3.59. The van der Waals surface area contributed by atoms with Crippen molar-refractivity contribution in [2.45, 2.75) is 52.5 Å². The van der Waals surface area contributed by atoms with Crippen molar-refractivity contribution in [1.29, 1.82) is 0 Å². The highest BCUT2D eigenvalue weighted by atomic mass is 32.2. The maximum atomic E-state index is 12.6. The number of rotatable bonds is 6. The number of aryl methyl sites for hydroxylation is 2. The second-order valence-electron chi connectivity index (χ2n) is 6.85. The summed E-state index contributed by atoms with van der Waals surface area (Å²) in [7, 11) is -3.59. The third kappa shape index (κ3) is 5.08. The maximum Gasteiger partial charge on any atom is 0.243 e. The Labute approximate surface area is 151 Å². The second-order valence-corrected chi connectivity index (χ2v) is 8.71. The summed E-state index contributed by atoms with van der Waals surface area (Å²) < 4.78 is 26.0. The summed E-state index contributed by atoms with van der Waals surface area (Å²) in [5, 5.41) is 2.90. The lowest BCUT2D eigenvalue weighted by Gasteiger charge is -2.30. The molecule has 1 aliphatic rings. The lowest BCUT2D eigenvalue weighted by Crippen LogP contribution is -2.48. The van der Waals surface area contributed by atoms with Crippen LogP contribution in [0.4, 0.5) is 5.69 Å². The van der Waals surface area contributed by atoms with Crippen molar-refractivity contribution >= 4 is 21.6 Å². The number of anilines is 1. The van der Waals surface area contributed by atoms with Crippen molar-refractivity contribution in [3.8, 4) is 0 Å². The summed E-state index contributed by atoms with van der Waals surface area (Å²) in [6.45, 7) is 5.88. The second kappa shape index (κ2) is 8.04. The molecule has 6 heteroatoms. The summed E-state index contributed by atoms with van der Waals surface area (Å²) >= 11 is 0. The number of hydrogen-bond acceptors (Lipinski definition) is 3. The molecule has 0 spiro atoms. The van der Waals surface area contributed by atoms with E-state index in [2.05, 4.69) is 11.4 Å². The van der Waals surface area contributed by atoms with Gasteiger partial charge in [0.25, 0.3) is 0 Å². The van der Waals surface area contributed by atoms with E-state index in [9.17, 15) is 13.2 Å². The predicted octanol–water partition coefficient (Wildman–Crippen LogP) is 3.07. The molecule has 0 aromatic heterocycles. The monoisotopic (exact) mass is 364 g/mol. The summed E-state index contributed by atoms with van der Waals surface area (Å²) in [5.74, 6) is -0.280. The highest BCUT2D eigenvalue weighted by Gasteiger charge is 2.30. The minimum Gasteiger partial charge on any atom is -0.351 e. The number of nitrogens with one attached hydrogen (secondary N) is 1. The van der Waals surface area contributed by atoms with E-state index in [1.807, 2.05) is 32.0 Å². The summed E-state index contributed by atoms with van der Waals surface area (Å²) in [6, 6.07) is 4.81. The lowest BCUT2D eigenvalue weighted by molar-refractivity contribution is -0.121. The molecule has 1 aliphatic carbocycles. The normalized spacial score (nSPS) is 16.1. The molecule has 0 aliphatic heterocycles. The third-order valence-corrected chi connectivity index (χ3v) is 5.79. The molecule has 0 radical (unpaired) electrons. The van der Waals surface area contributed by atoms with Crippen molar-refractivity contribution < 1.29 is 13.2 Å². The summed E-state index contributed by atoms with van der Waals surface area (Å²) in [6.07, 6.45) is 7.72.